The second-order valence-corrected chi connectivity index (χ2v) is 10.2. The van der Waals surface area contributed by atoms with Crippen molar-refractivity contribution in [3.8, 4) is 0 Å². The van der Waals surface area contributed by atoms with E-state index in [1.165, 1.54) is 0 Å². The second kappa shape index (κ2) is 8.97. The molecule has 180 valence electrons. The van der Waals surface area contributed by atoms with Crippen molar-refractivity contribution >= 4 is 28.3 Å². The van der Waals surface area contributed by atoms with E-state index in [4.69, 9.17) is 0 Å². The Balaban J connectivity index is 1.68. The van der Waals surface area contributed by atoms with Crippen molar-refractivity contribution in [2.24, 2.45) is 11.8 Å². The summed E-state index contributed by atoms with van der Waals surface area (Å²) in [5.41, 5.74) is 6.19. The summed E-state index contributed by atoms with van der Waals surface area (Å²) in [5.74, 6) is -0.884. The van der Waals surface area contributed by atoms with Gasteiger partial charge in [-0.1, -0.05) is 128 Å². The third kappa shape index (κ3) is 3.55. The lowest BCUT2D eigenvalue weighted by Crippen LogP contribution is -2.43. The SMILES string of the molecule is C[C@H]1/C=C(/c2ccccc2)c2ccccc2[C@@]2(C)C(=O)C(c3ccccc3)=C(c3ccccc3)[C@H]2C1=O. The van der Waals surface area contributed by atoms with Crippen molar-refractivity contribution in [3.63, 3.8) is 0 Å². The Bertz CT molecular complexity index is 1560. The number of Topliss-reactive ketones (excluding diaryl/α,β-unsaturated/α-hetero) is 2. The molecule has 0 saturated heterocycles. The molecule has 6 rings (SSSR count). The number of hydrogen-bond acceptors (Lipinski definition) is 2. The number of carbonyl (C=O) groups excluding carboxylic acids is 2. The van der Waals surface area contributed by atoms with Gasteiger partial charge in [-0.15, -0.1) is 0 Å². The molecule has 4 aromatic carbocycles. The van der Waals surface area contributed by atoms with Crippen LogP contribution in [0.15, 0.2) is 121 Å². The van der Waals surface area contributed by atoms with Crippen LogP contribution in [0.25, 0.3) is 16.7 Å². The van der Waals surface area contributed by atoms with Gasteiger partial charge in [0.1, 0.15) is 5.78 Å². The molecule has 0 heterocycles. The summed E-state index contributed by atoms with van der Waals surface area (Å²) in [7, 11) is 0. The van der Waals surface area contributed by atoms with Crippen LogP contribution < -0.4 is 0 Å². The fourth-order valence-electron chi connectivity index (χ4n) is 6.20. The quantitative estimate of drug-likeness (QED) is 0.306. The summed E-state index contributed by atoms with van der Waals surface area (Å²) in [4.78, 5) is 29.2. The first kappa shape index (κ1) is 23.1. The third-order valence-electron chi connectivity index (χ3n) is 7.99. The molecule has 0 saturated carbocycles. The lowest BCUT2D eigenvalue weighted by atomic mass is 9.63. The van der Waals surface area contributed by atoms with Gasteiger partial charge in [0, 0.05) is 11.5 Å². The minimum Gasteiger partial charge on any atom is -0.298 e. The molecule has 2 aliphatic rings. The van der Waals surface area contributed by atoms with E-state index in [1.54, 1.807) is 0 Å². The zero-order valence-corrected chi connectivity index (χ0v) is 21.0. The number of fused-ring (bicyclic) bond motifs is 3. The normalized spacial score (nSPS) is 24.5. The number of allylic oxidation sites excluding steroid dienone is 3. The van der Waals surface area contributed by atoms with E-state index in [2.05, 4.69) is 24.3 Å². The van der Waals surface area contributed by atoms with Crippen molar-refractivity contribution in [2.45, 2.75) is 19.3 Å². The Morgan fingerprint density at radius 1 is 0.622 bits per heavy atom. The number of ketones is 2. The molecule has 4 aromatic rings. The molecular formula is C35H28O2. The van der Waals surface area contributed by atoms with Gasteiger partial charge in [-0.05, 0) is 45.9 Å². The first-order valence-electron chi connectivity index (χ1n) is 12.8. The molecule has 0 radical (unpaired) electrons. The highest BCUT2D eigenvalue weighted by molar-refractivity contribution is 6.38. The van der Waals surface area contributed by atoms with E-state index < -0.39 is 11.3 Å². The van der Waals surface area contributed by atoms with Crippen LogP contribution in [0.5, 0.6) is 0 Å². The molecular weight excluding hydrogens is 452 g/mol. The van der Waals surface area contributed by atoms with E-state index in [9.17, 15) is 9.59 Å². The number of carbonyl (C=O) groups is 2. The van der Waals surface area contributed by atoms with E-state index >= 15 is 0 Å². The standard InChI is InChI=1S/C35H28O2/c1-23-22-28(24-14-6-3-7-15-24)27-20-12-13-21-29(27)35(2)32(33(23)36)30(25-16-8-4-9-17-25)31(34(35)37)26-18-10-5-11-19-26/h3-23,32H,1-2H3/b28-22-/t23-,32-,35+/m0/s1. The molecule has 2 aliphatic carbocycles. The largest absolute Gasteiger partial charge is 0.298 e. The van der Waals surface area contributed by atoms with Crippen molar-refractivity contribution in [1.82, 2.24) is 0 Å². The van der Waals surface area contributed by atoms with Crippen LogP contribution in [0.4, 0.5) is 0 Å². The maximum atomic E-state index is 14.7. The maximum Gasteiger partial charge on any atom is 0.175 e. The molecule has 0 spiro atoms. The zero-order valence-electron chi connectivity index (χ0n) is 21.0. The van der Waals surface area contributed by atoms with Gasteiger partial charge in [0.15, 0.2) is 5.78 Å². The number of rotatable bonds is 3. The summed E-state index contributed by atoms with van der Waals surface area (Å²) in [5, 5.41) is 0. The van der Waals surface area contributed by atoms with Crippen LogP contribution in [0.3, 0.4) is 0 Å². The van der Waals surface area contributed by atoms with Crippen LogP contribution >= 0.6 is 0 Å². The van der Waals surface area contributed by atoms with E-state index in [0.717, 1.165) is 39.0 Å². The second-order valence-electron chi connectivity index (χ2n) is 10.2. The highest BCUT2D eigenvalue weighted by Crippen LogP contribution is 2.56. The average Bonchev–Trinajstić information content (AvgIpc) is 3.19. The molecule has 0 N–H and O–H groups in total. The Morgan fingerprint density at radius 2 is 1.14 bits per heavy atom. The minimum atomic E-state index is -1.04. The highest BCUT2D eigenvalue weighted by Gasteiger charge is 2.57. The molecule has 0 aromatic heterocycles. The topological polar surface area (TPSA) is 34.1 Å². The molecule has 0 aliphatic heterocycles. The Morgan fingerprint density at radius 3 is 1.76 bits per heavy atom. The molecule has 0 unspecified atom stereocenters. The van der Waals surface area contributed by atoms with E-state index in [0.29, 0.717) is 5.57 Å². The predicted molar refractivity (Wildman–Crippen MR) is 150 cm³/mol. The molecule has 0 amide bonds. The Kier molecular flexibility index (Phi) is 5.61. The Labute approximate surface area is 218 Å². The first-order chi connectivity index (χ1) is 18.0. The maximum absolute atomic E-state index is 14.7. The third-order valence-corrected chi connectivity index (χ3v) is 7.99. The van der Waals surface area contributed by atoms with Crippen LogP contribution in [0, 0.1) is 11.8 Å². The molecule has 3 atom stereocenters. The van der Waals surface area contributed by atoms with Crippen LogP contribution in [-0.2, 0) is 15.0 Å². The molecule has 2 heteroatoms. The summed E-state index contributed by atoms with van der Waals surface area (Å²) >= 11 is 0. The van der Waals surface area contributed by atoms with Crippen LogP contribution in [0.1, 0.15) is 41.7 Å². The Hall–Kier alpha value is -4.30. The minimum absolute atomic E-state index is 0.00450. The molecule has 0 fully saturated rings. The number of hydrogen-bond donors (Lipinski definition) is 0. The van der Waals surface area contributed by atoms with Gasteiger partial charge in [-0.25, -0.2) is 0 Å². The summed E-state index contributed by atoms with van der Waals surface area (Å²) in [6.07, 6.45) is 2.09. The van der Waals surface area contributed by atoms with E-state index in [1.807, 2.05) is 111 Å². The van der Waals surface area contributed by atoms with Gasteiger partial charge in [0.25, 0.3) is 0 Å². The van der Waals surface area contributed by atoms with Gasteiger partial charge in [-0.3, -0.25) is 9.59 Å². The van der Waals surface area contributed by atoms with Gasteiger partial charge in [0.05, 0.1) is 11.3 Å². The van der Waals surface area contributed by atoms with E-state index in [-0.39, 0.29) is 17.5 Å². The van der Waals surface area contributed by atoms with Crippen molar-refractivity contribution in [1.29, 1.82) is 0 Å². The summed E-state index contributed by atoms with van der Waals surface area (Å²) in [6.45, 7) is 3.95. The van der Waals surface area contributed by atoms with Crippen LogP contribution in [0.2, 0.25) is 0 Å². The highest BCUT2D eigenvalue weighted by atomic mass is 16.1. The average molecular weight is 481 g/mol. The first-order valence-corrected chi connectivity index (χ1v) is 12.8. The fourth-order valence-corrected chi connectivity index (χ4v) is 6.20. The molecule has 2 nitrogen and oxygen atoms in total. The molecule has 37 heavy (non-hydrogen) atoms. The zero-order chi connectivity index (χ0) is 25.6. The lowest BCUT2D eigenvalue weighted by molar-refractivity contribution is -0.129. The lowest BCUT2D eigenvalue weighted by Gasteiger charge is -2.36. The van der Waals surface area contributed by atoms with Gasteiger partial charge in [-0.2, -0.15) is 0 Å². The van der Waals surface area contributed by atoms with Crippen molar-refractivity contribution < 1.29 is 9.59 Å². The number of benzene rings is 4. The van der Waals surface area contributed by atoms with Gasteiger partial charge >= 0.3 is 0 Å². The monoisotopic (exact) mass is 480 g/mol. The summed E-state index contributed by atoms with van der Waals surface area (Å²) < 4.78 is 0. The smallest absolute Gasteiger partial charge is 0.175 e. The summed E-state index contributed by atoms with van der Waals surface area (Å²) in [6, 6.07) is 38.1. The fraction of sp³-hybridized carbons (Fsp3) is 0.143. The van der Waals surface area contributed by atoms with Gasteiger partial charge in [0.2, 0.25) is 0 Å². The molecule has 0 bridgehead atoms. The van der Waals surface area contributed by atoms with Crippen LogP contribution in [-0.4, -0.2) is 11.6 Å². The van der Waals surface area contributed by atoms with Gasteiger partial charge < -0.3 is 0 Å². The predicted octanol–water partition coefficient (Wildman–Crippen LogP) is 7.40. The van der Waals surface area contributed by atoms with Crippen molar-refractivity contribution in [2.75, 3.05) is 0 Å². The van der Waals surface area contributed by atoms with Crippen molar-refractivity contribution in [3.05, 3.63) is 149 Å².